The molecule has 0 spiro atoms. The van der Waals surface area contributed by atoms with Gasteiger partial charge < -0.3 is 5.32 Å². The van der Waals surface area contributed by atoms with E-state index in [4.69, 9.17) is 5.26 Å². The maximum absolute atomic E-state index is 13.3. The summed E-state index contributed by atoms with van der Waals surface area (Å²) in [5.74, 6) is 0. The molecule has 1 aromatic carbocycles. The molecule has 25 heavy (non-hydrogen) atoms. The molecular formula is C12H10F6N4O2S. The van der Waals surface area contributed by atoms with E-state index in [0.717, 1.165) is 14.1 Å². The summed E-state index contributed by atoms with van der Waals surface area (Å²) in [7, 11) is -2.56. The smallest absolute Gasteiger partial charge is 0.351 e. The molecule has 0 saturated carbocycles. The zero-order chi connectivity index (χ0) is 19.4. The van der Waals surface area contributed by atoms with Gasteiger partial charge in [0, 0.05) is 14.1 Å². The third-order valence-corrected chi connectivity index (χ3v) is 5.14. The molecule has 138 valence electrons. The van der Waals surface area contributed by atoms with Gasteiger partial charge in [0.05, 0.1) is 22.5 Å². The van der Waals surface area contributed by atoms with E-state index in [-0.39, 0.29) is 10.4 Å². The quantitative estimate of drug-likeness (QED) is 0.791. The lowest BCUT2D eigenvalue weighted by Gasteiger charge is -2.27. The highest BCUT2D eigenvalue weighted by Gasteiger charge is 2.48. The molecule has 1 aliphatic rings. The van der Waals surface area contributed by atoms with Gasteiger partial charge in [-0.05, 0) is 12.1 Å². The van der Waals surface area contributed by atoms with Crippen LogP contribution in [-0.4, -0.2) is 33.0 Å². The summed E-state index contributed by atoms with van der Waals surface area (Å²) in [5.41, 5.74) is -5.24. The molecule has 0 radical (unpaired) electrons. The molecule has 0 aromatic heterocycles. The van der Waals surface area contributed by atoms with Crippen LogP contribution in [0.2, 0.25) is 0 Å². The van der Waals surface area contributed by atoms with Crippen LogP contribution in [0.4, 0.5) is 37.7 Å². The average Bonchev–Trinajstić information content (AvgIpc) is 2.82. The second kappa shape index (κ2) is 5.67. The Bertz CT molecular complexity index is 841. The molecule has 1 aromatic rings. The second-order valence-electron chi connectivity index (χ2n) is 5.18. The minimum Gasteiger partial charge on any atom is -0.351 e. The highest BCUT2D eigenvalue weighted by molar-refractivity contribution is 7.90. The summed E-state index contributed by atoms with van der Waals surface area (Å²) in [6.07, 6.45) is -12.2. The van der Waals surface area contributed by atoms with Crippen LogP contribution in [0, 0.1) is 11.3 Å². The Balaban J connectivity index is 2.85. The van der Waals surface area contributed by atoms with E-state index < -0.39 is 51.2 Å². The van der Waals surface area contributed by atoms with E-state index in [1.807, 2.05) is 0 Å². The molecule has 2 rings (SSSR count). The molecule has 6 nitrogen and oxygen atoms in total. The topological polar surface area (TPSA) is 76.4 Å². The first kappa shape index (κ1) is 19.1. The predicted molar refractivity (Wildman–Crippen MR) is 74.6 cm³/mol. The van der Waals surface area contributed by atoms with Crippen molar-refractivity contribution in [3.8, 4) is 6.07 Å². The molecule has 0 saturated heterocycles. The Morgan fingerprint density at radius 3 is 2.12 bits per heavy atom. The number of nitrogens with zero attached hydrogens (tertiary/aromatic N) is 3. The Hall–Kier alpha value is -2.20. The molecule has 0 aliphatic carbocycles. The molecule has 1 N–H and O–H groups in total. The number of halogens is 6. The number of fused-ring (bicyclic) bond motifs is 1. The van der Waals surface area contributed by atoms with E-state index >= 15 is 0 Å². The van der Waals surface area contributed by atoms with Crippen molar-refractivity contribution in [3.63, 3.8) is 0 Å². The van der Waals surface area contributed by atoms with Crippen molar-refractivity contribution in [2.45, 2.75) is 18.5 Å². The highest BCUT2D eigenvalue weighted by atomic mass is 32.2. The maximum atomic E-state index is 13.3. The van der Waals surface area contributed by atoms with E-state index in [0.29, 0.717) is 10.4 Å². The Labute approximate surface area is 138 Å². The number of alkyl halides is 6. The number of rotatable bonds is 2. The van der Waals surface area contributed by atoms with Crippen LogP contribution in [0.5, 0.6) is 0 Å². The zero-order valence-corrected chi connectivity index (χ0v) is 13.4. The van der Waals surface area contributed by atoms with Crippen molar-refractivity contribution < 1.29 is 34.8 Å². The Kier molecular flexibility index (Phi) is 4.34. The van der Waals surface area contributed by atoms with Gasteiger partial charge in [0.1, 0.15) is 6.07 Å². The van der Waals surface area contributed by atoms with Gasteiger partial charge in [-0.15, -0.1) is 0 Å². The number of benzene rings is 1. The van der Waals surface area contributed by atoms with E-state index in [9.17, 15) is 34.8 Å². The van der Waals surface area contributed by atoms with E-state index in [1.165, 1.54) is 6.07 Å². The van der Waals surface area contributed by atoms with Crippen LogP contribution in [0.3, 0.4) is 0 Å². The zero-order valence-electron chi connectivity index (χ0n) is 12.6. The Morgan fingerprint density at radius 2 is 1.72 bits per heavy atom. The lowest BCUT2D eigenvalue weighted by atomic mass is 10.1. The first-order valence-corrected chi connectivity index (χ1v) is 7.81. The average molecular weight is 388 g/mol. The summed E-state index contributed by atoms with van der Waals surface area (Å²) in [6, 6.07) is 1.57. The van der Waals surface area contributed by atoms with Gasteiger partial charge in [0.2, 0.25) is 6.17 Å². The molecule has 1 aliphatic heterocycles. The van der Waals surface area contributed by atoms with Gasteiger partial charge in [0.25, 0.3) is 0 Å². The summed E-state index contributed by atoms with van der Waals surface area (Å²) in [4.78, 5) is 0. The largest absolute Gasteiger partial charge is 0.418 e. The SMILES string of the molecule is CN(C)S(=O)(=O)N1c2c(cc(C(F)(F)F)cc2C(F)(F)F)NC1C#N. The van der Waals surface area contributed by atoms with Gasteiger partial charge in [-0.3, -0.25) is 0 Å². The van der Waals surface area contributed by atoms with Gasteiger partial charge in [0.15, 0.2) is 0 Å². The molecule has 0 bridgehead atoms. The summed E-state index contributed by atoms with van der Waals surface area (Å²) in [6.45, 7) is 0. The number of anilines is 2. The highest BCUT2D eigenvalue weighted by Crippen LogP contribution is 2.49. The van der Waals surface area contributed by atoms with Crippen molar-refractivity contribution >= 4 is 21.6 Å². The number of nitriles is 1. The van der Waals surface area contributed by atoms with Crippen LogP contribution in [0.15, 0.2) is 12.1 Å². The molecular weight excluding hydrogens is 378 g/mol. The Morgan fingerprint density at radius 1 is 1.16 bits per heavy atom. The van der Waals surface area contributed by atoms with Crippen LogP contribution >= 0.6 is 0 Å². The normalized spacial score (nSPS) is 18.1. The van der Waals surface area contributed by atoms with Crippen molar-refractivity contribution in [2.75, 3.05) is 23.7 Å². The molecule has 0 fully saturated rings. The molecule has 1 heterocycles. The van der Waals surface area contributed by atoms with E-state index in [1.54, 1.807) is 0 Å². The second-order valence-corrected chi connectivity index (χ2v) is 7.20. The third-order valence-electron chi connectivity index (χ3n) is 3.32. The van der Waals surface area contributed by atoms with Crippen LogP contribution < -0.4 is 9.62 Å². The fourth-order valence-corrected chi connectivity index (χ4v) is 3.35. The van der Waals surface area contributed by atoms with Crippen molar-refractivity contribution in [1.29, 1.82) is 5.26 Å². The fraction of sp³-hybridized carbons (Fsp3) is 0.417. The van der Waals surface area contributed by atoms with Gasteiger partial charge >= 0.3 is 22.6 Å². The summed E-state index contributed by atoms with van der Waals surface area (Å²) < 4.78 is 104. The van der Waals surface area contributed by atoms with Crippen molar-refractivity contribution in [2.24, 2.45) is 0 Å². The van der Waals surface area contributed by atoms with Crippen LogP contribution in [0.25, 0.3) is 0 Å². The van der Waals surface area contributed by atoms with Gasteiger partial charge in [-0.1, -0.05) is 0 Å². The van der Waals surface area contributed by atoms with Crippen LogP contribution in [0.1, 0.15) is 11.1 Å². The van der Waals surface area contributed by atoms with Gasteiger partial charge in [-0.25, -0.2) is 4.31 Å². The molecule has 0 amide bonds. The monoisotopic (exact) mass is 388 g/mol. The fourth-order valence-electron chi connectivity index (χ4n) is 2.21. The maximum Gasteiger partial charge on any atom is 0.418 e. The van der Waals surface area contributed by atoms with Crippen molar-refractivity contribution in [3.05, 3.63) is 23.3 Å². The standard InChI is InChI=1S/C12H10F6N4O2S/c1-21(2)25(23,24)22-9(5-19)20-8-4-6(11(13,14)15)3-7(10(8)22)12(16,17)18/h3-4,9,20H,1-2H3. The molecule has 13 heteroatoms. The predicted octanol–water partition coefficient (Wildman–Crippen LogP) is 2.61. The van der Waals surface area contributed by atoms with Crippen molar-refractivity contribution in [1.82, 2.24) is 4.31 Å². The molecule has 1 unspecified atom stereocenters. The number of nitrogens with one attached hydrogen (secondary N) is 1. The summed E-state index contributed by atoms with van der Waals surface area (Å²) >= 11 is 0. The minimum absolute atomic E-state index is 0.116. The van der Waals surface area contributed by atoms with Gasteiger partial charge in [-0.2, -0.15) is 44.3 Å². The third kappa shape index (κ3) is 3.19. The lowest BCUT2D eigenvalue weighted by molar-refractivity contribution is -0.142. The molecule has 1 atom stereocenters. The first-order valence-electron chi connectivity index (χ1n) is 6.41. The number of hydrogen-bond acceptors (Lipinski definition) is 4. The lowest BCUT2D eigenvalue weighted by Crippen LogP contribution is -2.46. The first-order chi connectivity index (χ1) is 11.2. The van der Waals surface area contributed by atoms with E-state index in [2.05, 4.69) is 5.32 Å². The summed E-state index contributed by atoms with van der Waals surface area (Å²) in [5, 5.41) is 11.1. The van der Waals surface area contributed by atoms with Crippen LogP contribution in [-0.2, 0) is 22.6 Å². The minimum atomic E-state index is -5.28. The number of hydrogen-bond donors (Lipinski definition) is 1.